The molecule has 1 atom stereocenters. The zero-order chi connectivity index (χ0) is 15.1. The Morgan fingerprint density at radius 3 is 2.60 bits per heavy atom. The van der Waals surface area contributed by atoms with Gasteiger partial charge in [0.1, 0.15) is 10.7 Å². The van der Waals surface area contributed by atoms with Crippen molar-refractivity contribution in [3.63, 3.8) is 0 Å². The molecule has 1 aromatic carbocycles. The number of carbonyl (C=O) groups is 1. The van der Waals surface area contributed by atoms with E-state index >= 15 is 0 Å². The second-order valence-corrected chi connectivity index (χ2v) is 7.10. The van der Waals surface area contributed by atoms with Crippen molar-refractivity contribution in [1.29, 1.82) is 0 Å². The van der Waals surface area contributed by atoms with E-state index in [1.54, 1.807) is 6.92 Å². The molecule has 0 saturated carbocycles. The monoisotopic (exact) mass is 321 g/mol. The molecule has 0 spiro atoms. The second kappa shape index (κ2) is 5.31. The highest BCUT2D eigenvalue weighted by Gasteiger charge is 2.41. The van der Waals surface area contributed by atoms with Crippen LogP contribution in [0.25, 0.3) is 0 Å². The van der Waals surface area contributed by atoms with Crippen LogP contribution in [0.3, 0.4) is 0 Å². The van der Waals surface area contributed by atoms with E-state index in [0.717, 1.165) is 22.5 Å². The van der Waals surface area contributed by atoms with Gasteiger partial charge in [-0.1, -0.05) is 18.5 Å². The third-order valence-electron chi connectivity index (χ3n) is 3.48. The Labute approximate surface area is 121 Å². The van der Waals surface area contributed by atoms with Gasteiger partial charge >= 0.3 is 5.97 Å². The number of hydrogen-bond acceptors (Lipinski definition) is 3. The molecule has 1 saturated heterocycles. The fourth-order valence-corrected chi connectivity index (χ4v) is 4.07. The Balaban J connectivity index is 2.16. The van der Waals surface area contributed by atoms with Gasteiger partial charge in [-0.25, -0.2) is 12.8 Å². The van der Waals surface area contributed by atoms with E-state index in [2.05, 4.69) is 0 Å². The number of benzene rings is 1. The smallest absolute Gasteiger partial charge is 0.306 e. The van der Waals surface area contributed by atoms with E-state index in [4.69, 9.17) is 16.7 Å². The molecule has 0 aliphatic carbocycles. The van der Waals surface area contributed by atoms with Crippen LogP contribution >= 0.6 is 11.6 Å². The van der Waals surface area contributed by atoms with Gasteiger partial charge < -0.3 is 5.11 Å². The Kier molecular flexibility index (Phi) is 4.04. The number of carboxylic acids is 1. The molecular weight excluding hydrogens is 309 g/mol. The van der Waals surface area contributed by atoms with Crippen LogP contribution < -0.4 is 0 Å². The molecule has 2 rings (SSSR count). The highest BCUT2D eigenvalue weighted by molar-refractivity contribution is 7.89. The van der Waals surface area contributed by atoms with E-state index < -0.39 is 27.7 Å². The summed E-state index contributed by atoms with van der Waals surface area (Å²) in [6, 6.07) is 3.07. The van der Waals surface area contributed by atoms with Crippen molar-refractivity contribution < 1.29 is 22.7 Å². The number of nitrogens with zero attached hydrogens (tertiary/aromatic N) is 1. The summed E-state index contributed by atoms with van der Waals surface area (Å²) in [6.07, 6.45) is 0. The van der Waals surface area contributed by atoms with E-state index in [-0.39, 0.29) is 28.9 Å². The van der Waals surface area contributed by atoms with Crippen molar-refractivity contribution in [2.45, 2.75) is 11.8 Å². The molecule has 1 N–H and O–H groups in total. The molecule has 5 nitrogen and oxygen atoms in total. The lowest BCUT2D eigenvalue weighted by molar-refractivity contribution is -0.144. The number of carboxylic acid groups (broad SMARTS) is 1. The van der Waals surface area contributed by atoms with Crippen LogP contribution in [0.15, 0.2) is 23.1 Å². The first-order valence-electron chi connectivity index (χ1n) is 5.91. The highest BCUT2D eigenvalue weighted by Crippen LogP contribution is 2.32. The standard InChI is InChI=1S/C12H13ClFNO4S/c1-7(12(16)17)8-5-15(6-8)20(18,19)11-3-2-9(14)4-10(11)13/h2-4,7-8H,5-6H2,1H3,(H,16,17). The third kappa shape index (κ3) is 2.65. The highest BCUT2D eigenvalue weighted by atomic mass is 35.5. The van der Waals surface area contributed by atoms with Crippen LogP contribution in [0.5, 0.6) is 0 Å². The number of sulfonamides is 1. The van der Waals surface area contributed by atoms with Gasteiger partial charge in [-0.05, 0) is 24.1 Å². The Hall–Kier alpha value is -1.18. The summed E-state index contributed by atoms with van der Waals surface area (Å²) in [7, 11) is -3.80. The lowest BCUT2D eigenvalue weighted by Gasteiger charge is -2.40. The van der Waals surface area contributed by atoms with Gasteiger partial charge in [-0.3, -0.25) is 4.79 Å². The molecule has 1 fully saturated rings. The van der Waals surface area contributed by atoms with Crippen molar-refractivity contribution in [2.24, 2.45) is 11.8 Å². The summed E-state index contributed by atoms with van der Waals surface area (Å²) < 4.78 is 38.6. The maximum Gasteiger partial charge on any atom is 0.306 e. The van der Waals surface area contributed by atoms with Crippen molar-refractivity contribution in [3.05, 3.63) is 29.0 Å². The van der Waals surface area contributed by atoms with Crippen molar-refractivity contribution in [3.8, 4) is 0 Å². The summed E-state index contributed by atoms with van der Waals surface area (Å²) in [5.74, 6) is -2.39. The van der Waals surface area contributed by atoms with Crippen LogP contribution in [0, 0.1) is 17.7 Å². The Morgan fingerprint density at radius 2 is 2.10 bits per heavy atom. The molecule has 0 aromatic heterocycles. The predicted molar refractivity (Wildman–Crippen MR) is 70.5 cm³/mol. The van der Waals surface area contributed by atoms with Crippen LogP contribution in [-0.2, 0) is 14.8 Å². The molecule has 1 aliphatic rings. The van der Waals surface area contributed by atoms with Gasteiger partial charge in [0, 0.05) is 13.1 Å². The first-order chi connectivity index (χ1) is 9.23. The molecule has 0 bridgehead atoms. The maximum atomic E-state index is 12.9. The summed E-state index contributed by atoms with van der Waals surface area (Å²) in [6.45, 7) is 1.80. The van der Waals surface area contributed by atoms with Gasteiger partial charge in [0.25, 0.3) is 0 Å². The minimum atomic E-state index is -3.80. The van der Waals surface area contributed by atoms with Crippen molar-refractivity contribution >= 4 is 27.6 Å². The average Bonchev–Trinajstić information content (AvgIpc) is 2.25. The van der Waals surface area contributed by atoms with E-state index in [1.807, 2.05) is 0 Å². The van der Waals surface area contributed by atoms with Crippen LogP contribution in [0.4, 0.5) is 4.39 Å². The molecule has 1 aliphatic heterocycles. The molecule has 8 heteroatoms. The van der Waals surface area contributed by atoms with Gasteiger partial charge in [-0.15, -0.1) is 0 Å². The van der Waals surface area contributed by atoms with Gasteiger partial charge in [0.05, 0.1) is 10.9 Å². The minimum Gasteiger partial charge on any atom is -0.481 e. The zero-order valence-electron chi connectivity index (χ0n) is 10.6. The second-order valence-electron chi connectivity index (χ2n) is 4.78. The molecular formula is C12H13ClFNO4S. The van der Waals surface area contributed by atoms with Gasteiger partial charge in [0.15, 0.2) is 0 Å². The normalized spacial score (nSPS) is 18.6. The molecule has 1 aromatic rings. The first-order valence-corrected chi connectivity index (χ1v) is 7.73. The van der Waals surface area contributed by atoms with Gasteiger partial charge in [-0.2, -0.15) is 4.31 Å². The van der Waals surface area contributed by atoms with Crippen molar-refractivity contribution in [1.82, 2.24) is 4.31 Å². The fourth-order valence-electron chi connectivity index (χ4n) is 2.01. The predicted octanol–water partition coefficient (Wildman–Crippen LogP) is 1.82. The van der Waals surface area contributed by atoms with Crippen LogP contribution in [-0.4, -0.2) is 36.9 Å². The summed E-state index contributed by atoms with van der Waals surface area (Å²) in [4.78, 5) is 10.7. The number of halogens is 2. The van der Waals surface area contributed by atoms with E-state index in [0.29, 0.717) is 0 Å². The Morgan fingerprint density at radius 1 is 1.50 bits per heavy atom. The lowest BCUT2D eigenvalue weighted by atomic mass is 9.89. The van der Waals surface area contributed by atoms with Crippen LogP contribution in [0.1, 0.15) is 6.92 Å². The molecule has 0 amide bonds. The Bertz CT molecular complexity index is 643. The molecule has 0 radical (unpaired) electrons. The third-order valence-corrected chi connectivity index (χ3v) is 5.80. The maximum absolute atomic E-state index is 12.9. The molecule has 20 heavy (non-hydrogen) atoms. The fraction of sp³-hybridized carbons (Fsp3) is 0.417. The number of aliphatic carboxylic acids is 1. The quantitative estimate of drug-likeness (QED) is 0.918. The summed E-state index contributed by atoms with van der Waals surface area (Å²) in [5, 5.41) is 8.69. The summed E-state index contributed by atoms with van der Waals surface area (Å²) >= 11 is 5.75. The number of rotatable bonds is 4. The van der Waals surface area contributed by atoms with E-state index in [9.17, 15) is 17.6 Å². The van der Waals surface area contributed by atoms with Gasteiger partial charge in [0.2, 0.25) is 10.0 Å². The van der Waals surface area contributed by atoms with E-state index in [1.165, 1.54) is 0 Å². The molecule has 110 valence electrons. The lowest BCUT2D eigenvalue weighted by Crippen LogP contribution is -2.53. The largest absolute Gasteiger partial charge is 0.481 e. The van der Waals surface area contributed by atoms with Crippen LogP contribution in [0.2, 0.25) is 5.02 Å². The first kappa shape index (κ1) is 15.2. The average molecular weight is 322 g/mol. The minimum absolute atomic E-state index is 0.128. The zero-order valence-corrected chi connectivity index (χ0v) is 12.2. The molecule has 1 unspecified atom stereocenters. The topological polar surface area (TPSA) is 74.7 Å². The summed E-state index contributed by atoms with van der Waals surface area (Å²) in [5.41, 5.74) is 0. The number of hydrogen-bond donors (Lipinski definition) is 1. The van der Waals surface area contributed by atoms with Crippen molar-refractivity contribution in [2.75, 3.05) is 13.1 Å². The SMILES string of the molecule is CC(C(=O)O)C1CN(S(=O)(=O)c2ccc(F)cc2Cl)C1. The molecule has 1 heterocycles.